The molecule has 17 nitrogen and oxygen atoms in total. The summed E-state index contributed by atoms with van der Waals surface area (Å²) in [4.78, 5) is 57.4. The fourth-order valence-corrected chi connectivity index (χ4v) is 9.44. The molecule has 0 bridgehead atoms. The molecule has 70 heavy (non-hydrogen) atoms. The SMILES string of the molecule is CN(C)Cc1cncc(-c2ccc3[nH]nc(C(=O)Nc4ccc(CN5CCN(Cn6nc(C(=O)Nc7ccc(CN8CCCC8)nc7)c7cc(-c8cncc(CN(C)C)c8)ccc76)CC5)nc4)c3c2)c1. The number of nitrogens with one attached hydrogen (secondary N) is 3. The number of fused-ring (bicyclic) bond motifs is 2. The van der Waals surface area contributed by atoms with Crippen molar-refractivity contribution in [2.45, 2.75) is 45.7 Å². The second-order valence-electron chi connectivity index (χ2n) is 19.1. The second kappa shape index (κ2) is 20.8. The minimum Gasteiger partial charge on any atom is -0.319 e. The molecule has 17 heteroatoms. The van der Waals surface area contributed by atoms with Gasteiger partial charge in [0.1, 0.15) is 0 Å². The van der Waals surface area contributed by atoms with Gasteiger partial charge in [-0.1, -0.05) is 12.1 Å². The quantitative estimate of drug-likeness (QED) is 0.0922. The summed E-state index contributed by atoms with van der Waals surface area (Å²) in [7, 11) is 8.14. The number of likely N-dealkylation sites (tertiary alicyclic amines) is 1. The number of amides is 2. The van der Waals surface area contributed by atoms with Crippen LogP contribution in [0.25, 0.3) is 44.1 Å². The molecule has 0 aliphatic carbocycles. The lowest BCUT2D eigenvalue weighted by Gasteiger charge is -2.34. The van der Waals surface area contributed by atoms with E-state index in [2.05, 4.69) is 90.6 Å². The molecule has 358 valence electrons. The number of benzene rings is 2. The molecule has 6 aromatic heterocycles. The van der Waals surface area contributed by atoms with Gasteiger partial charge in [-0.05, 0) is 137 Å². The maximum atomic E-state index is 14.1. The maximum Gasteiger partial charge on any atom is 0.276 e. The van der Waals surface area contributed by atoms with Crippen molar-refractivity contribution in [3.63, 3.8) is 0 Å². The molecule has 8 aromatic rings. The molecule has 2 fully saturated rings. The van der Waals surface area contributed by atoms with Crippen molar-refractivity contribution in [1.29, 1.82) is 0 Å². The summed E-state index contributed by atoms with van der Waals surface area (Å²) < 4.78 is 1.95. The molecule has 8 heterocycles. The molecule has 0 saturated carbocycles. The number of carbonyl (C=O) groups is 2. The normalized spacial score (nSPS) is 14.9. The Labute approximate surface area is 407 Å². The smallest absolute Gasteiger partial charge is 0.276 e. The molecule has 2 saturated heterocycles. The van der Waals surface area contributed by atoms with Crippen molar-refractivity contribution in [2.75, 3.05) is 78.1 Å². The number of anilines is 2. The van der Waals surface area contributed by atoms with Crippen LogP contribution in [0.2, 0.25) is 0 Å². The average molecular weight is 938 g/mol. The topological polar surface area (TPSA) is 172 Å². The molecule has 0 atom stereocenters. The molecule has 0 unspecified atom stereocenters. The van der Waals surface area contributed by atoms with Crippen LogP contribution in [-0.4, -0.2) is 144 Å². The van der Waals surface area contributed by atoms with Gasteiger partial charge in [0.05, 0.1) is 52.9 Å². The highest BCUT2D eigenvalue weighted by Crippen LogP contribution is 2.30. The van der Waals surface area contributed by atoms with E-state index in [1.54, 1.807) is 12.4 Å². The van der Waals surface area contributed by atoms with Gasteiger partial charge in [0, 0.05) is 99.0 Å². The second-order valence-corrected chi connectivity index (χ2v) is 19.1. The predicted molar refractivity (Wildman–Crippen MR) is 273 cm³/mol. The lowest BCUT2D eigenvalue weighted by molar-refractivity contribution is 0.0974. The molecule has 2 aliphatic rings. The standard InChI is InChI=1S/C53H59N15O2/c1-63(2)31-36-21-40(27-54-25-36)38-7-13-48-46(23-38)50(61-60-48)52(69)58-42-9-12-45(57-29-42)34-66-17-19-67(20-18-66)35-68-49-14-8-39(41-22-37(26-55-28-41)32-64(3)4)24-47(49)51(62-68)53(70)59-43-10-11-44(56-30-43)33-65-15-5-6-16-65/h7-14,21-30H,5-6,15-20,31-35H2,1-4H3,(H,58,69)(H,59,70)(H,60,61). The predicted octanol–water partition coefficient (Wildman–Crippen LogP) is 6.83. The third kappa shape index (κ3) is 10.9. The molecular weight excluding hydrogens is 879 g/mol. The number of carbonyl (C=O) groups excluding carboxylic acids is 2. The van der Waals surface area contributed by atoms with Crippen LogP contribution in [0.4, 0.5) is 11.4 Å². The van der Waals surface area contributed by atoms with E-state index in [1.807, 2.05) is 100 Å². The van der Waals surface area contributed by atoms with Crippen LogP contribution in [0.1, 0.15) is 56.3 Å². The van der Waals surface area contributed by atoms with E-state index in [0.29, 0.717) is 36.0 Å². The van der Waals surface area contributed by atoms with Gasteiger partial charge in [0.15, 0.2) is 11.4 Å². The molecular formula is C53H59N15O2. The first kappa shape index (κ1) is 46.4. The minimum atomic E-state index is -0.315. The van der Waals surface area contributed by atoms with Gasteiger partial charge in [-0.3, -0.25) is 49.3 Å². The monoisotopic (exact) mass is 937 g/mol. The number of piperazine rings is 1. The van der Waals surface area contributed by atoms with E-state index >= 15 is 0 Å². The van der Waals surface area contributed by atoms with Gasteiger partial charge in [0.2, 0.25) is 0 Å². The van der Waals surface area contributed by atoms with Gasteiger partial charge in [0.25, 0.3) is 11.8 Å². The van der Waals surface area contributed by atoms with Crippen molar-refractivity contribution in [1.82, 2.24) is 64.4 Å². The van der Waals surface area contributed by atoms with Crippen LogP contribution in [0, 0.1) is 0 Å². The van der Waals surface area contributed by atoms with E-state index in [1.165, 1.54) is 12.8 Å². The Morgan fingerprint density at radius 2 is 1.11 bits per heavy atom. The van der Waals surface area contributed by atoms with E-state index in [9.17, 15) is 9.59 Å². The first-order valence-corrected chi connectivity index (χ1v) is 23.9. The molecule has 2 amide bonds. The molecule has 0 radical (unpaired) electrons. The number of pyridine rings is 4. The highest BCUT2D eigenvalue weighted by atomic mass is 16.2. The van der Waals surface area contributed by atoms with E-state index in [4.69, 9.17) is 10.1 Å². The summed E-state index contributed by atoms with van der Waals surface area (Å²) in [5, 5.41) is 19.9. The number of aromatic amines is 1. The van der Waals surface area contributed by atoms with Crippen LogP contribution in [-0.2, 0) is 32.8 Å². The lowest BCUT2D eigenvalue weighted by atomic mass is 10.0. The lowest BCUT2D eigenvalue weighted by Crippen LogP contribution is -2.46. The zero-order chi connectivity index (χ0) is 48.1. The van der Waals surface area contributed by atoms with Crippen molar-refractivity contribution in [3.05, 3.63) is 144 Å². The Hall–Kier alpha value is -7.28. The summed E-state index contributed by atoms with van der Waals surface area (Å²) in [6.45, 7) is 9.06. The van der Waals surface area contributed by atoms with E-state index < -0.39 is 0 Å². The van der Waals surface area contributed by atoms with E-state index in [-0.39, 0.29) is 11.8 Å². The zero-order valence-corrected chi connectivity index (χ0v) is 40.3. The third-order valence-corrected chi connectivity index (χ3v) is 12.9. The molecule has 2 aromatic carbocycles. The minimum absolute atomic E-state index is 0.281. The van der Waals surface area contributed by atoms with Crippen LogP contribution in [0.3, 0.4) is 0 Å². The number of hydrogen-bond donors (Lipinski definition) is 3. The van der Waals surface area contributed by atoms with Gasteiger partial charge in [-0.25, -0.2) is 4.68 Å². The zero-order valence-electron chi connectivity index (χ0n) is 40.3. The Morgan fingerprint density at radius 3 is 1.69 bits per heavy atom. The van der Waals surface area contributed by atoms with Crippen LogP contribution in [0.5, 0.6) is 0 Å². The van der Waals surface area contributed by atoms with E-state index in [0.717, 1.165) is 125 Å². The number of hydrogen-bond acceptors (Lipinski definition) is 13. The number of rotatable bonds is 16. The van der Waals surface area contributed by atoms with Crippen molar-refractivity contribution in [3.8, 4) is 22.3 Å². The van der Waals surface area contributed by atoms with Crippen molar-refractivity contribution < 1.29 is 9.59 Å². The van der Waals surface area contributed by atoms with Crippen LogP contribution >= 0.6 is 0 Å². The fourth-order valence-electron chi connectivity index (χ4n) is 9.44. The van der Waals surface area contributed by atoms with Gasteiger partial charge < -0.3 is 20.4 Å². The fraction of sp³-hybridized carbons (Fsp3) is 0.321. The van der Waals surface area contributed by atoms with Crippen molar-refractivity contribution in [2.24, 2.45) is 0 Å². The van der Waals surface area contributed by atoms with Crippen molar-refractivity contribution >= 4 is 45.0 Å². The highest BCUT2D eigenvalue weighted by Gasteiger charge is 2.24. The largest absolute Gasteiger partial charge is 0.319 e. The first-order valence-electron chi connectivity index (χ1n) is 23.9. The number of nitrogens with zero attached hydrogens (tertiary/aromatic N) is 12. The summed E-state index contributed by atoms with van der Waals surface area (Å²) >= 11 is 0. The summed E-state index contributed by atoms with van der Waals surface area (Å²) in [6.07, 6.45) is 13.4. The van der Waals surface area contributed by atoms with Crippen LogP contribution in [0.15, 0.2) is 110 Å². The Morgan fingerprint density at radius 1 is 0.571 bits per heavy atom. The highest BCUT2D eigenvalue weighted by molar-refractivity contribution is 6.12. The maximum absolute atomic E-state index is 14.1. The molecule has 2 aliphatic heterocycles. The average Bonchev–Trinajstić information content (AvgIpc) is 4.12. The summed E-state index contributed by atoms with van der Waals surface area (Å²) in [5.74, 6) is -0.596. The van der Waals surface area contributed by atoms with Gasteiger partial charge >= 0.3 is 0 Å². The first-order chi connectivity index (χ1) is 34.1. The summed E-state index contributed by atoms with van der Waals surface area (Å²) in [5.41, 5.74) is 11.6. The molecule has 3 N–H and O–H groups in total. The number of H-pyrrole nitrogens is 1. The molecule has 10 rings (SSSR count). The van der Waals surface area contributed by atoms with Crippen LogP contribution < -0.4 is 10.6 Å². The van der Waals surface area contributed by atoms with Gasteiger partial charge in [-0.2, -0.15) is 10.2 Å². The third-order valence-electron chi connectivity index (χ3n) is 12.9. The Balaban J connectivity index is 0.783. The van der Waals surface area contributed by atoms with Gasteiger partial charge in [-0.15, -0.1) is 0 Å². The Bertz CT molecular complexity index is 3110. The summed E-state index contributed by atoms with van der Waals surface area (Å²) in [6, 6.07) is 24.2. The Kier molecular flexibility index (Phi) is 13.8. The number of aromatic nitrogens is 8. The molecule has 0 spiro atoms.